The third-order valence-corrected chi connectivity index (χ3v) is 6.39. The average molecular weight is 371 g/mol. The molecule has 2 N–H and O–H groups in total. The van der Waals surface area contributed by atoms with Crippen LogP contribution in [0.2, 0.25) is 0 Å². The largest absolute Gasteiger partial charge is 0.481 e. The molecule has 1 aromatic rings. The van der Waals surface area contributed by atoms with Crippen molar-refractivity contribution in [3.63, 3.8) is 0 Å². The van der Waals surface area contributed by atoms with Crippen LogP contribution >= 0.6 is 0 Å². The minimum absolute atomic E-state index is 0.0189. The van der Waals surface area contributed by atoms with Crippen LogP contribution in [0.15, 0.2) is 24.3 Å². The molecule has 0 spiro atoms. The molecule has 0 bridgehead atoms. The molecule has 1 aromatic carbocycles. The second-order valence-corrected chi connectivity index (χ2v) is 7.87. The molecule has 2 aliphatic heterocycles. The molecule has 3 amide bonds. The van der Waals surface area contributed by atoms with Gasteiger partial charge in [-0.15, -0.1) is 0 Å². The van der Waals surface area contributed by atoms with Gasteiger partial charge in [-0.3, -0.25) is 9.59 Å². The molecule has 0 radical (unpaired) electrons. The zero-order valence-electron chi connectivity index (χ0n) is 15.3. The van der Waals surface area contributed by atoms with Crippen molar-refractivity contribution in [2.24, 2.45) is 11.3 Å². The highest BCUT2D eigenvalue weighted by molar-refractivity contribution is 5.97. The van der Waals surface area contributed by atoms with E-state index in [0.717, 1.165) is 36.9 Å². The van der Waals surface area contributed by atoms with Gasteiger partial charge in [0, 0.05) is 25.3 Å². The lowest BCUT2D eigenvalue weighted by Crippen LogP contribution is -2.47. The molecule has 144 valence electrons. The fourth-order valence-corrected chi connectivity index (χ4v) is 4.94. The van der Waals surface area contributed by atoms with Crippen molar-refractivity contribution in [3.05, 3.63) is 29.8 Å². The number of para-hydroxylation sites is 1. The monoisotopic (exact) mass is 371 g/mol. The van der Waals surface area contributed by atoms with Gasteiger partial charge in [-0.1, -0.05) is 24.6 Å². The van der Waals surface area contributed by atoms with E-state index in [1.165, 1.54) is 0 Å². The van der Waals surface area contributed by atoms with Gasteiger partial charge in [0.25, 0.3) is 0 Å². The summed E-state index contributed by atoms with van der Waals surface area (Å²) in [5.74, 6) is -0.922. The lowest BCUT2D eigenvalue weighted by atomic mass is 9.81. The summed E-state index contributed by atoms with van der Waals surface area (Å²) in [5.41, 5.74) is 1.27. The van der Waals surface area contributed by atoms with E-state index in [2.05, 4.69) is 5.32 Å². The third-order valence-electron chi connectivity index (χ3n) is 6.39. The number of likely N-dealkylation sites (tertiary alicyclic amines) is 1. The van der Waals surface area contributed by atoms with Crippen molar-refractivity contribution in [2.75, 3.05) is 31.1 Å². The van der Waals surface area contributed by atoms with Gasteiger partial charge in [0.2, 0.25) is 5.91 Å². The first-order valence-corrected chi connectivity index (χ1v) is 9.66. The number of hydrogen-bond donors (Lipinski definition) is 2. The highest BCUT2D eigenvalue weighted by Gasteiger charge is 2.55. The molecular weight excluding hydrogens is 346 g/mol. The highest BCUT2D eigenvalue weighted by atomic mass is 16.4. The number of nitrogens with one attached hydrogen (secondary N) is 1. The van der Waals surface area contributed by atoms with Gasteiger partial charge >= 0.3 is 12.0 Å². The Morgan fingerprint density at radius 1 is 1.22 bits per heavy atom. The number of urea groups is 1. The van der Waals surface area contributed by atoms with Crippen LogP contribution in [0.4, 0.5) is 10.5 Å². The Labute approximate surface area is 158 Å². The number of carbonyl (C=O) groups is 3. The lowest BCUT2D eigenvalue weighted by Gasteiger charge is -2.30. The van der Waals surface area contributed by atoms with Crippen LogP contribution in [0.5, 0.6) is 0 Å². The van der Waals surface area contributed by atoms with Crippen LogP contribution in [-0.2, 0) is 16.0 Å². The smallest absolute Gasteiger partial charge is 0.317 e. The first-order chi connectivity index (χ1) is 13.0. The second kappa shape index (κ2) is 6.87. The zero-order chi connectivity index (χ0) is 19.0. The molecule has 3 aliphatic rings. The van der Waals surface area contributed by atoms with Crippen LogP contribution in [-0.4, -0.2) is 54.1 Å². The number of hydrogen-bond acceptors (Lipinski definition) is 3. The first kappa shape index (κ1) is 17.8. The molecule has 1 saturated carbocycles. The molecule has 4 rings (SSSR count). The first-order valence-electron chi connectivity index (χ1n) is 9.66. The maximum Gasteiger partial charge on any atom is 0.317 e. The topological polar surface area (TPSA) is 90.0 Å². The standard InChI is InChI=1S/C20H25N3O4/c24-17(23-10-4-6-14-5-1-2-8-16(14)23)11-21-19(27)22-12-15-7-3-9-20(15,13-22)18(25)26/h1-2,5,8,15H,3-4,6-7,9-13H2,(H,21,27)(H,25,26)/t15-,20+/m0/s1. The number of amides is 3. The zero-order valence-corrected chi connectivity index (χ0v) is 15.3. The number of aryl methyl sites for hydroxylation is 1. The molecule has 27 heavy (non-hydrogen) atoms. The van der Waals surface area contributed by atoms with Gasteiger partial charge in [0.1, 0.15) is 0 Å². The summed E-state index contributed by atoms with van der Waals surface area (Å²) in [6, 6.07) is 7.51. The Balaban J connectivity index is 1.37. The molecule has 1 aliphatic carbocycles. The number of fused-ring (bicyclic) bond motifs is 2. The number of benzene rings is 1. The Bertz CT molecular complexity index is 780. The Hall–Kier alpha value is -2.57. The Morgan fingerprint density at radius 3 is 2.81 bits per heavy atom. The van der Waals surface area contributed by atoms with E-state index in [1.807, 2.05) is 24.3 Å². The Kier molecular flexibility index (Phi) is 4.53. The predicted octanol–water partition coefficient (Wildman–Crippen LogP) is 1.86. The van der Waals surface area contributed by atoms with Gasteiger partial charge in [0.05, 0.1) is 12.0 Å². The molecule has 7 heteroatoms. The van der Waals surface area contributed by atoms with Crippen molar-refractivity contribution in [2.45, 2.75) is 32.1 Å². The predicted molar refractivity (Wildman–Crippen MR) is 99.5 cm³/mol. The molecule has 1 saturated heterocycles. The second-order valence-electron chi connectivity index (χ2n) is 7.87. The summed E-state index contributed by atoms with van der Waals surface area (Å²) in [5, 5.41) is 12.3. The quantitative estimate of drug-likeness (QED) is 0.849. The summed E-state index contributed by atoms with van der Waals surface area (Å²) in [6.07, 6.45) is 4.24. The summed E-state index contributed by atoms with van der Waals surface area (Å²) in [4.78, 5) is 40.2. The van der Waals surface area contributed by atoms with Gasteiger partial charge in [-0.2, -0.15) is 0 Å². The number of carbonyl (C=O) groups excluding carboxylic acids is 2. The fraction of sp³-hybridized carbons (Fsp3) is 0.550. The van der Waals surface area contributed by atoms with E-state index in [-0.39, 0.29) is 30.9 Å². The van der Waals surface area contributed by atoms with Crippen molar-refractivity contribution >= 4 is 23.6 Å². The number of carboxylic acids is 1. The van der Waals surface area contributed by atoms with Crippen LogP contribution in [0.3, 0.4) is 0 Å². The molecule has 7 nitrogen and oxygen atoms in total. The summed E-state index contributed by atoms with van der Waals surface area (Å²) >= 11 is 0. The normalized spacial score (nSPS) is 26.4. The van der Waals surface area contributed by atoms with E-state index in [9.17, 15) is 19.5 Å². The van der Waals surface area contributed by atoms with Crippen molar-refractivity contribution in [1.29, 1.82) is 0 Å². The van der Waals surface area contributed by atoms with E-state index in [4.69, 9.17) is 0 Å². The van der Waals surface area contributed by atoms with E-state index >= 15 is 0 Å². The molecule has 0 aromatic heterocycles. The fourth-order valence-electron chi connectivity index (χ4n) is 4.94. The van der Waals surface area contributed by atoms with Crippen LogP contribution in [0.1, 0.15) is 31.2 Å². The minimum atomic E-state index is -0.804. The summed E-state index contributed by atoms with van der Waals surface area (Å²) < 4.78 is 0. The van der Waals surface area contributed by atoms with Crippen molar-refractivity contribution < 1.29 is 19.5 Å². The van der Waals surface area contributed by atoms with Crippen molar-refractivity contribution in [1.82, 2.24) is 10.2 Å². The van der Waals surface area contributed by atoms with Crippen LogP contribution < -0.4 is 10.2 Å². The highest BCUT2D eigenvalue weighted by Crippen LogP contribution is 2.48. The molecule has 2 heterocycles. The van der Waals surface area contributed by atoms with Gasteiger partial charge < -0.3 is 20.2 Å². The molecule has 2 atom stereocenters. The van der Waals surface area contributed by atoms with Gasteiger partial charge in [-0.25, -0.2) is 4.79 Å². The lowest BCUT2D eigenvalue weighted by molar-refractivity contribution is -0.149. The van der Waals surface area contributed by atoms with Gasteiger partial charge in [-0.05, 0) is 43.2 Å². The third kappa shape index (κ3) is 3.05. The maximum atomic E-state index is 12.6. The minimum Gasteiger partial charge on any atom is -0.481 e. The number of aliphatic carboxylic acids is 1. The number of nitrogens with zero attached hydrogens (tertiary/aromatic N) is 2. The summed E-state index contributed by atoms with van der Waals surface area (Å²) in [7, 11) is 0. The Morgan fingerprint density at radius 2 is 2.04 bits per heavy atom. The van der Waals surface area contributed by atoms with Crippen LogP contribution in [0, 0.1) is 11.3 Å². The SMILES string of the molecule is O=C(NCC(=O)N1CCCc2ccccc21)N1C[C@@H]2CCC[C@@]2(C(=O)O)C1. The molecule has 0 unspecified atom stereocenters. The van der Waals surface area contributed by atoms with E-state index in [0.29, 0.717) is 19.5 Å². The van der Waals surface area contributed by atoms with Crippen molar-refractivity contribution in [3.8, 4) is 0 Å². The van der Waals surface area contributed by atoms with E-state index in [1.54, 1.807) is 9.80 Å². The number of carboxylic acid groups (broad SMARTS) is 1. The molecular formula is C20H25N3O4. The van der Waals surface area contributed by atoms with E-state index < -0.39 is 11.4 Å². The van der Waals surface area contributed by atoms with Gasteiger partial charge in [0.15, 0.2) is 0 Å². The van der Waals surface area contributed by atoms with Crippen LogP contribution in [0.25, 0.3) is 0 Å². The number of rotatable bonds is 3. The molecule has 2 fully saturated rings. The average Bonchev–Trinajstić information content (AvgIpc) is 3.24. The summed E-state index contributed by atoms with van der Waals surface area (Å²) in [6.45, 7) is 1.27. The maximum absolute atomic E-state index is 12.6. The number of anilines is 1.